The Morgan fingerprint density at radius 1 is 1.15 bits per heavy atom. The summed E-state index contributed by atoms with van der Waals surface area (Å²) in [6.07, 6.45) is 0. The van der Waals surface area contributed by atoms with E-state index >= 15 is 0 Å². The minimum atomic E-state index is 0.430. The van der Waals surface area contributed by atoms with E-state index in [1.54, 1.807) is 7.11 Å². The van der Waals surface area contributed by atoms with Gasteiger partial charge < -0.3 is 19.2 Å². The summed E-state index contributed by atoms with van der Waals surface area (Å²) in [5.74, 6) is 3.43. The molecule has 0 bridgehead atoms. The van der Waals surface area contributed by atoms with Gasteiger partial charge in [0.05, 0.1) is 13.7 Å². The molecular formula is C16H21NO3. The molecule has 0 aliphatic heterocycles. The van der Waals surface area contributed by atoms with Crippen LogP contribution in [-0.2, 0) is 13.2 Å². The average molecular weight is 275 g/mol. The molecule has 1 aromatic carbocycles. The maximum atomic E-state index is 5.77. The van der Waals surface area contributed by atoms with Gasteiger partial charge in [0.15, 0.2) is 0 Å². The Balaban J connectivity index is 1.92. The lowest BCUT2D eigenvalue weighted by Gasteiger charge is -2.05. The molecule has 20 heavy (non-hydrogen) atoms. The molecule has 0 aliphatic carbocycles. The van der Waals surface area contributed by atoms with Gasteiger partial charge in [0.1, 0.15) is 29.6 Å². The highest BCUT2D eigenvalue weighted by molar-refractivity contribution is 5.31. The van der Waals surface area contributed by atoms with Crippen molar-refractivity contribution in [3.8, 4) is 11.5 Å². The molecule has 0 saturated heterocycles. The number of rotatable bonds is 7. The number of furan rings is 1. The summed E-state index contributed by atoms with van der Waals surface area (Å²) in [4.78, 5) is 0. The van der Waals surface area contributed by atoms with Crippen LogP contribution in [-0.4, -0.2) is 13.7 Å². The Bertz CT molecular complexity index is 531. The number of nitrogens with one attached hydrogen (secondary N) is 1. The quantitative estimate of drug-likeness (QED) is 0.842. The standard InChI is InChI=1S/C16H21NO3/c1-4-17-10-16-12(2)9-15(20-16)11-19-14-7-5-13(18-3)6-8-14/h5-9,17H,4,10-11H2,1-3H3. The number of hydrogen-bond acceptors (Lipinski definition) is 4. The lowest BCUT2D eigenvalue weighted by Crippen LogP contribution is -2.11. The fraction of sp³-hybridized carbons (Fsp3) is 0.375. The maximum Gasteiger partial charge on any atom is 0.146 e. The summed E-state index contributed by atoms with van der Waals surface area (Å²) >= 11 is 0. The number of ether oxygens (including phenoxy) is 2. The van der Waals surface area contributed by atoms with Crippen LogP contribution in [0.1, 0.15) is 24.0 Å². The molecule has 1 aromatic heterocycles. The van der Waals surface area contributed by atoms with E-state index in [1.807, 2.05) is 37.3 Å². The predicted molar refractivity (Wildman–Crippen MR) is 78.2 cm³/mol. The first-order valence-corrected chi connectivity index (χ1v) is 6.78. The van der Waals surface area contributed by atoms with E-state index in [-0.39, 0.29) is 0 Å². The Hall–Kier alpha value is -1.94. The van der Waals surface area contributed by atoms with Crippen LogP contribution in [0.15, 0.2) is 34.7 Å². The minimum absolute atomic E-state index is 0.430. The summed E-state index contributed by atoms with van der Waals surface area (Å²) in [6.45, 7) is 6.24. The van der Waals surface area contributed by atoms with Gasteiger partial charge in [0, 0.05) is 0 Å². The molecule has 0 amide bonds. The monoisotopic (exact) mass is 275 g/mol. The minimum Gasteiger partial charge on any atom is -0.497 e. The topological polar surface area (TPSA) is 43.6 Å². The van der Waals surface area contributed by atoms with Crippen molar-refractivity contribution >= 4 is 0 Å². The molecule has 108 valence electrons. The normalized spacial score (nSPS) is 10.6. The lowest BCUT2D eigenvalue weighted by molar-refractivity contribution is 0.264. The van der Waals surface area contributed by atoms with E-state index < -0.39 is 0 Å². The third kappa shape index (κ3) is 3.78. The third-order valence-electron chi connectivity index (χ3n) is 3.05. The molecule has 0 saturated carbocycles. The summed E-state index contributed by atoms with van der Waals surface area (Å²) in [7, 11) is 1.65. The van der Waals surface area contributed by atoms with E-state index in [0.717, 1.165) is 41.7 Å². The van der Waals surface area contributed by atoms with Gasteiger partial charge in [-0.2, -0.15) is 0 Å². The van der Waals surface area contributed by atoms with E-state index in [2.05, 4.69) is 12.2 Å². The van der Waals surface area contributed by atoms with Gasteiger partial charge in [-0.1, -0.05) is 6.92 Å². The van der Waals surface area contributed by atoms with Crippen LogP contribution in [0, 0.1) is 6.92 Å². The molecule has 0 aliphatic rings. The molecule has 1 N–H and O–H groups in total. The third-order valence-corrected chi connectivity index (χ3v) is 3.05. The zero-order chi connectivity index (χ0) is 14.4. The van der Waals surface area contributed by atoms with Crippen molar-refractivity contribution in [2.24, 2.45) is 0 Å². The molecule has 0 fully saturated rings. The molecule has 0 radical (unpaired) electrons. The van der Waals surface area contributed by atoms with Gasteiger partial charge in [0.2, 0.25) is 0 Å². The summed E-state index contributed by atoms with van der Waals surface area (Å²) < 4.78 is 16.6. The smallest absolute Gasteiger partial charge is 0.146 e. The van der Waals surface area contributed by atoms with Gasteiger partial charge in [-0.15, -0.1) is 0 Å². The van der Waals surface area contributed by atoms with Crippen molar-refractivity contribution in [1.82, 2.24) is 5.32 Å². The van der Waals surface area contributed by atoms with Gasteiger partial charge in [-0.05, 0) is 49.4 Å². The average Bonchev–Trinajstić information content (AvgIpc) is 2.84. The zero-order valence-electron chi connectivity index (χ0n) is 12.2. The second kappa shape index (κ2) is 7.01. The molecular weight excluding hydrogens is 254 g/mol. The van der Waals surface area contributed by atoms with Crippen LogP contribution in [0.3, 0.4) is 0 Å². The van der Waals surface area contributed by atoms with Crippen molar-refractivity contribution < 1.29 is 13.9 Å². The second-order valence-corrected chi connectivity index (χ2v) is 4.56. The number of aryl methyl sites for hydroxylation is 1. The number of hydrogen-bond donors (Lipinski definition) is 1. The second-order valence-electron chi connectivity index (χ2n) is 4.56. The number of methoxy groups -OCH3 is 1. The fourth-order valence-electron chi connectivity index (χ4n) is 1.90. The first kappa shape index (κ1) is 14.5. The van der Waals surface area contributed by atoms with Gasteiger partial charge >= 0.3 is 0 Å². The lowest BCUT2D eigenvalue weighted by atomic mass is 10.2. The van der Waals surface area contributed by atoms with E-state index in [4.69, 9.17) is 13.9 Å². The Kier molecular flexibility index (Phi) is 5.07. The molecule has 2 aromatic rings. The molecule has 0 unspecified atom stereocenters. The highest BCUT2D eigenvalue weighted by Crippen LogP contribution is 2.20. The van der Waals surface area contributed by atoms with Crippen LogP contribution in [0.25, 0.3) is 0 Å². The van der Waals surface area contributed by atoms with Crippen molar-refractivity contribution in [2.75, 3.05) is 13.7 Å². The SMILES string of the molecule is CCNCc1oc(COc2ccc(OC)cc2)cc1C. The first-order valence-electron chi connectivity index (χ1n) is 6.78. The van der Waals surface area contributed by atoms with Crippen molar-refractivity contribution in [3.63, 3.8) is 0 Å². The zero-order valence-corrected chi connectivity index (χ0v) is 12.2. The Morgan fingerprint density at radius 3 is 2.50 bits per heavy atom. The summed E-state index contributed by atoms with van der Waals surface area (Å²) in [5, 5.41) is 3.26. The van der Waals surface area contributed by atoms with Crippen molar-refractivity contribution in [1.29, 1.82) is 0 Å². The Morgan fingerprint density at radius 2 is 1.85 bits per heavy atom. The van der Waals surface area contributed by atoms with Gasteiger partial charge in [-0.25, -0.2) is 0 Å². The van der Waals surface area contributed by atoms with Crippen LogP contribution >= 0.6 is 0 Å². The molecule has 0 spiro atoms. The summed E-state index contributed by atoms with van der Waals surface area (Å²) in [6, 6.07) is 9.54. The van der Waals surface area contributed by atoms with E-state index in [0.29, 0.717) is 6.61 Å². The number of benzene rings is 1. The van der Waals surface area contributed by atoms with Crippen molar-refractivity contribution in [2.45, 2.75) is 27.0 Å². The fourth-order valence-corrected chi connectivity index (χ4v) is 1.90. The summed E-state index contributed by atoms with van der Waals surface area (Å²) in [5.41, 5.74) is 1.15. The van der Waals surface area contributed by atoms with Crippen LogP contribution < -0.4 is 14.8 Å². The van der Waals surface area contributed by atoms with Crippen LogP contribution in [0.2, 0.25) is 0 Å². The molecule has 2 rings (SSSR count). The molecule has 1 heterocycles. The molecule has 0 atom stereocenters. The van der Waals surface area contributed by atoms with Gasteiger partial charge in [-0.3, -0.25) is 0 Å². The van der Waals surface area contributed by atoms with Crippen LogP contribution in [0.5, 0.6) is 11.5 Å². The molecule has 4 nitrogen and oxygen atoms in total. The maximum absolute atomic E-state index is 5.77. The van der Waals surface area contributed by atoms with Crippen molar-refractivity contribution in [3.05, 3.63) is 47.4 Å². The first-order chi connectivity index (χ1) is 9.72. The van der Waals surface area contributed by atoms with Gasteiger partial charge in [0.25, 0.3) is 0 Å². The largest absolute Gasteiger partial charge is 0.497 e. The van der Waals surface area contributed by atoms with E-state index in [1.165, 1.54) is 0 Å². The molecule has 4 heteroatoms. The predicted octanol–water partition coefficient (Wildman–Crippen LogP) is 3.29. The highest BCUT2D eigenvalue weighted by Gasteiger charge is 2.07. The van der Waals surface area contributed by atoms with Crippen LogP contribution in [0.4, 0.5) is 0 Å². The Labute approximate surface area is 119 Å². The van der Waals surface area contributed by atoms with E-state index in [9.17, 15) is 0 Å². The highest BCUT2D eigenvalue weighted by atomic mass is 16.5.